The molecule has 0 aliphatic heterocycles. The normalized spacial score (nSPS) is 11.7. The Kier molecular flexibility index (Phi) is 5.90. The number of hydrogen-bond donors (Lipinski definition) is 0. The lowest BCUT2D eigenvalue weighted by atomic mass is 9.77. The summed E-state index contributed by atoms with van der Waals surface area (Å²) in [6.07, 6.45) is 4.95. The molecular formula is C12H20O3. The number of methoxy groups -OCH3 is 1. The summed E-state index contributed by atoms with van der Waals surface area (Å²) < 4.78 is 4.51. The maximum Gasteiger partial charge on any atom is 0.330 e. The predicted molar refractivity (Wildman–Crippen MR) is 59.5 cm³/mol. The zero-order chi connectivity index (χ0) is 11.9. The second-order valence-corrected chi connectivity index (χ2v) is 3.50. The van der Waals surface area contributed by atoms with Crippen LogP contribution < -0.4 is 0 Å². The van der Waals surface area contributed by atoms with Gasteiger partial charge in [-0.25, -0.2) is 4.79 Å². The van der Waals surface area contributed by atoms with Crippen LogP contribution in [0.15, 0.2) is 12.2 Å². The van der Waals surface area contributed by atoms with Crippen molar-refractivity contribution in [1.29, 1.82) is 0 Å². The summed E-state index contributed by atoms with van der Waals surface area (Å²) >= 11 is 0. The van der Waals surface area contributed by atoms with E-state index in [9.17, 15) is 9.59 Å². The molecule has 0 unspecified atom stereocenters. The molecular weight excluding hydrogens is 192 g/mol. The Morgan fingerprint density at radius 1 is 1.20 bits per heavy atom. The Morgan fingerprint density at radius 2 is 1.73 bits per heavy atom. The Hall–Kier alpha value is -1.12. The van der Waals surface area contributed by atoms with Crippen LogP contribution in [0.4, 0.5) is 0 Å². The van der Waals surface area contributed by atoms with Gasteiger partial charge in [-0.15, -0.1) is 0 Å². The molecule has 0 aliphatic rings. The van der Waals surface area contributed by atoms with E-state index in [4.69, 9.17) is 0 Å². The number of Topliss-reactive ketones (excluding diaryl/α,β-unsaturated/α-hetero) is 1. The van der Waals surface area contributed by atoms with Gasteiger partial charge >= 0.3 is 5.97 Å². The Balaban J connectivity index is 4.87. The number of ketones is 1. The number of ether oxygens (including phenoxy) is 1. The van der Waals surface area contributed by atoms with E-state index in [-0.39, 0.29) is 5.78 Å². The van der Waals surface area contributed by atoms with E-state index in [1.165, 1.54) is 13.2 Å². The van der Waals surface area contributed by atoms with Crippen molar-refractivity contribution in [2.75, 3.05) is 7.11 Å². The Bertz CT molecular complexity index is 250. The monoisotopic (exact) mass is 212 g/mol. The van der Waals surface area contributed by atoms with Crippen molar-refractivity contribution in [3.05, 3.63) is 12.2 Å². The second-order valence-electron chi connectivity index (χ2n) is 3.50. The van der Waals surface area contributed by atoms with Crippen LogP contribution in [0.2, 0.25) is 0 Å². The first-order valence-corrected chi connectivity index (χ1v) is 5.36. The number of rotatable bonds is 6. The average molecular weight is 212 g/mol. The summed E-state index contributed by atoms with van der Waals surface area (Å²) in [6.45, 7) is 5.76. The van der Waals surface area contributed by atoms with Crippen LogP contribution in [0, 0.1) is 5.41 Å². The molecule has 0 amide bonds. The third-order valence-electron chi connectivity index (χ3n) is 2.88. The van der Waals surface area contributed by atoms with Gasteiger partial charge in [0.15, 0.2) is 0 Å². The molecule has 0 heterocycles. The summed E-state index contributed by atoms with van der Waals surface area (Å²) in [7, 11) is 1.33. The molecule has 0 bridgehead atoms. The van der Waals surface area contributed by atoms with E-state index in [2.05, 4.69) is 4.74 Å². The highest BCUT2D eigenvalue weighted by Crippen LogP contribution is 2.30. The number of hydrogen-bond acceptors (Lipinski definition) is 3. The lowest BCUT2D eigenvalue weighted by molar-refractivity contribution is -0.134. The van der Waals surface area contributed by atoms with E-state index in [0.717, 1.165) is 0 Å². The first-order chi connectivity index (χ1) is 7.06. The summed E-state index contributed by atoms with van der Waals surface area (Å²) in [4.78, 5) is 22.8. The lowest BCUT2D eigenvalue weighted by Gasteiger charge is -2.25. The highest BCUT2D eigenvalue weighted by Gasteiger charge is 2.30. The van der Waals surface area contributed by atoms with Gasteiger partial charge in [-0.3, -0.25) is 4.79 Å². The molecule has 0 saturated heterocycles. The van der Waals surface area contributed by atoms with Crippen LogP contribution in [0.3, 0.4) is 0 Å². The van der Waals surface area contributed by atoms with Gasteiger partial charge in [0.2, 0.25) is 0 Å². The van der Waals surface area contributed by atoms with E-state index in [1.54, 1.807) is 6.08 Å². The number of carbonyl (C=O) groups is 2. The zero-order valence-electron chi connectivity index (χ0n) is 10.0. The van der Waals surface area contributed by atoms with Crippen LogP contribution in [0.5, 0.6) is 0 Å². The van der Waals surface area contributed by atoms with Crippen molar-refractivity contribution in [2.24, 2.45) is 5.41 Å². The van der Waals surface area contributed by atoms with E-state index in [0.29, 0.717) is 19.3 Å². The van der Waals surface area contributed by atoms with E-state index in [1.807, 2.05) is 20.8 Å². The SMILES string of the molecule is CCC(=O)C(/C=C/C(=O)OC)(CC)CC. The van der Waals surface area contributed by atoms with Crippen LogP contribution in [-0.4, -0.2) is 18.9 Å². The Morgan fingerprint density at radius 3 is 2.07 bits per heavy atom. The minimum absolute atomic E-state index is 0.174. The fraction of sp³-hybridized carbons (Fsp3) is 0.667. The smallest absolute Gasteiger partial charge is 0.330 e. The van der Waals surface area contributed by atoms with E-state index >= 15 is 0 Å². The minimum atomic E-state index is -0.497. The highest BCUT2D eigenvalue weighted by atomic mass is 16.5. The molecule has 0 N–H and O–H groups in total. The van der Waals surface area contributed by atoms with Crippen LogP contribution in [-0.2, 0) is 14.3 Å². The maximum atomic E-state index is 11.8. The van der Waals surface area contributed by atoms with Gasteiger partial charge in [-0.1, -0.05) is 26.8 Å². The van der Waals surface area contributed by atoms with Gasteiger partial charge in [-0.2, -0.15) is 0 Å². The average Bonchev–Trinajstić information content (AvgIpc) is 2.29. The molecule has 0 aromatic carbocycles. The summed E-state index contributed by atoms with van der Waals surface area (Å²) in [5.74, 6) is -0.238. The standard InChI is InChI=1S/C12H20O3/c1-5-10(13)12(6-2,7-3)9-8-11(14)15-4/h8-9H,5-7H2,1-4H3/b9-8+. The van der Waals surface area contributed by atoms with E-state index < -0.39 is 11.4 Å². The predicted octanol–water partition coefficient (Wildman–Crippen LogP) is 2.50. The molecule has 0 atom stereocenters. The third-order valence-corrected chi connectivity index (χ3v) is 2.88. The van der Waals surface area contributed by atoms with Crippen LogP contribution in [0.25, 0.3) is 0 Å². The fourth-order valence-electron chi connectivity index (χ4n) is 1.62. The maximum absolute atomic E-state index is 11.8. The molecule has 0 aromatic rings. The minimum Gasteiger partial charge on any atom is -0.466 e. The number of carbonyl (C=O) groups excluding carboxylic acids is 2. The summed E-state index contributed by atoms with van der Waals surface area (Å²) in [5, 5.41) is 0. The molecule has 0 spiro atoms. The first-order valence-electron chi connectivity index (χ1n) is 5.36. The van der Waals surface area contributed by atoms with Gasteiger partial charge in [0.25, 0.3) is 0 Å². The summed E-state index contributed by atoms with van der Waals surface area (Å²) in [5.41, 5.74) is -0.497. The molecule has 86 valence electrons. The number of esters is 1. The van der Waals surface area contributed by atoms with Gasteiger partial charge in [0, 0.05) is 17.9 Å². The highest BCUT2D eigenvalue weighted by molar-refractivity contribution is 5.89. The molecule has 15 heavy (non-hydrogen) atoms. The number of allylic oxidation sites excluding steroid dienone is 1. The third kappa shape index (κ3) is 3.50. The van der Waals surface area contributed by atoms with Crippen molar-refractivity contribution in [3.63, 3.8) is 0 Å². The van der Waals surface area contributed by atoms with Crippen molar-refractivity contribution in [3.8, 4) is 0 Å². The fourth-order valence-corrected chi connectivity index (χ4v) is 1.62. The summed E-state index contributed by atoms with van der Waals surface area (Å²) in [6, 6.07) is 0. The second kappa shape index (κ2) is 6.38. The van der Waals surface area contributed by atoms with Gasteiger partial charge in [-0.05, 0) is 12.8 Å². The molecule has 3 heteroatoms. The topological polar surface area (TPSA) is 43.4 Å². The lowest BCUT2D eigenvalue weighted by Crippen LogP contribution is -2.27. The first kappa shape index (κ1) is 13.9. The van der Waals surface area contributed by atoms with Crippen molar-refractivity contribution in [1.82, 2.24) is 0 Å². The van der Waals surface area contributed by atoms with Crippen LogP contribution >= 0.6 is 0 Å². The molecule has 3 nitrogen and oxygen atoms in total. The van der Waals surface area contributed by atoms with Crippen molar-refractivity contribution >= 4 is 11.8 Å². The van der Waals surface area contributed by atoms with Crippen molar-refractivity contribution in [2.45, 2.75) is 40.0 Å². The molecule has 0 saturated carbocycles. The van der Waals surface area contributed by atoms with Gasteiger partial charge in [0.05, 0.1) is 7.11 Å². The van der Waals surface area contributed by atoms with Crippen LogP contribution in [0.1, 0.15) is 40.0 Å². The quantitative estimate of drug-likeness (QED) is 0.502. The Labute approximate surface area is 91.5 Å². The molecule has 0 fully saturated rings. The largest absolute Gasteiger partial charge is 0.466 e. The van der Waals surface area contributed by atoms with Gasteiger partial charge in [0.1, 0.15) is 5.78 Å². The van der Waals surface area contributed by atoms with Crippen molar-refractivity contribution < 1.29 is 14.3 Å². The molecule has 0 aromatic heterocycles. The molecule has 0 aliphatic carbocycles. The molecule has 0 radical (unpaired) electrons. The molecule has 0 rings (SSSR count). The zero-order valence-corrected chi connectivity index (χ0v) is 10.0. The van der Waals surface area contributed by atoms with Gasteiger partial charge < -0.3 is 4.74 Å².